The number of aryl methyl sites for hydroxylation is 1. The quantitative estimate of drug-likeness (QED) is 0.535. The largest absolute Gasteiger partial charge is 0.302 e. The Balaban J connectivity index is 2.80. The van der Waals surface area contributed by atoms with Crippen molar-refractivity contribution >= 4 is 17.9 Å². The van der Waals surface area contributed by atoms with Crippen molar-refractivity contribution in [3.05, 3.63) is 35.4 Å². The summed E-state index contributed by atoms with van der Waals surface area (Å²) in [5.41, 5.74) is 2.45. The zero-order valence-corrected chi connectivity index (χ0v) is 8.42. The summed E-state index contributed by atoms with van der Waals surface area (Å²) in [6.45, 7) is 2.10. The van der Waals surface area contributed by atoms with Gasteiger partial charge < -0.3 is 4.79 Å². The lowest BCUT2D eigenvalue weighted by atomic mass is 10.0. The first-order valence-electron chi connectivity index (χ1n) is 4.44. The molecule has 1 unspecified atom stereocenters. The van der Waals surface area contributed by atoms with E-state index in [1.807, 2.05) is 18.2 Å². The summed E-state index contributed by atoms with van der Waals surface area (Å²) in [6, 6.07) is 8.08. The second-order valence-electron chi connectivity index (χ2n) is 2.98. The van der Waals surface area contributed by atoms with Crippen LogP contribution in [0, 0.1) is 0 Å². The van der Waals surface area contributed by atoms with Gasteiger partial charge in [0, 0.05) is 0 Å². The Kier molecular flexibility index (Phi) is 3.97. The number of benzene rings is 1. The van der Waals surface area contributed by atoms with Crippen LogP contribution in [0.1, 0.15) is 18.1 Å². The molecule has 1 aromatic rings. The van der Waals surface area contributed by atoms with Crippen molar-refractivity contribution in [2.24, 2.45) is 0 Å². The van der Waals surface area contributed by atoms with Gasteiger partial charge in [0.05, 0.1) is 5.38 Å². The molecule has 1 aromatic carbocycles. The zero-order chi connectivity index (χ0) is 9.68. The third-order valence-electron chi connectivity index (χ3n) is 2.06. The highest BCUT2D eigenvalue weighted by molar-refractivity contribution is 6.27. The minimum Gasteiger partial charge on any atom is -0.302 e. The highest BCUT2D eigenvalue weighted by atomic mass is 35.5. The fraction of sp³-hybridized carbons (Fsp3) is 0.364. The maximum atomic E-state index is 10.4. The van der Waals surface area contributed by atoms with Crippen LogP contribution in [0.3, 0.4) is 0 Å². The Morgan fingerprint density at radius 1 is 1.38 bits per heavy atom. The number of carbonyl (C=O) groups is 1. The third-order valence-corrected chi connectivity index (χ3v) is 2.32. The van der Waals surface area contributed by atoms with Crippen LogP contribution >= 0.6 is 11.6 Å². The van der Waals surface area contributed by atoms with Crippen molar-refractivity contribution in [1.82, 2.24) is 0 Å². The SMILES string of the molecule is CCc1ccccc1CC(Cl)C=O. The van der Waals surface area contributed by atoms with E-state index < -0.39 is 5.38 Å². The van der Waals surface area contributed by atoms with Crippen LogP contribution in [0.4, 0.5) is 0 Å². The Morgan fingerprint density at radius 3 is 2.54 bits per heavy atom. The van der Waals surface area contributed by atoms with Crippen LogP contribution in [0.2, 0.25) is 0 Å². The van der Waals surface area contributed by atoms with Crippen molar-refractivity contribution in [2.45, 2.75) is 25.1 Å². The monoisotopic (exact) mass is 196 g/mol. The molecule has 0 fully saturated rings. The average Bonchev–Trinajstić information content (AvgIpc) is 2.18. The van der Waals surface area contributed by atoms with E-state index in [0.717, 1.165) is 12.7 Å². The molecule has 0 aliphatic rings. The van der Waals surface area contributed by atoms with Crippen molar-refractivity contribution in [2.75, 3.05) is 0 Å². The Hall–Kier alpha value is -0.820. The van der Waals surface area contributed by atoms with Crippen molar-refractivity contribution < 1.29 is 4.79 Å². The molecule has 0 amide bonds. The van der Waals surface area contributed by atoms with Gasteiger partial charge in [-0.15, -0.1) is 11.6 Å². The lowest BCUT2D eigenvalue weighted by Gasteiger charge is -2.07. The van der Waals surface area contributed by atoms with Gasteiger partial charge in [0.2, 0.25) is 0 Å². The smallest absolute Gasteiger partial charge is 0.138 e. The molecule has 0 aliphatic heterocycles. The number of alkyl halides is 1. The maximum Gasteiger partial charge on any atom is 0.138 e. The van der Waals surface area contributed by atoms with Crippen LogP contribution in [-0.2, 0) is 17.6 Å². The molecule has 0 bridgehead atoms. The number of carbonyl (C=O) groups excluding carboxylic acids is 1. The van der Waals surface area contributed by atoms with Crippen LogP contribution in [-0.4, -0.2) is 11.7 Å². The van der Waals surface area contributed by atoms with E-state index in [1.165, 1.54) is 11.1 Å². The number of hydrogen-bond acceptors (Lipinski definition) is 1. The first-order chi connectivity index (χ1) is 6.27. The number of halogens is 1. The summed E-state index contributed by atoms with van der Waals surface area (Å²) in [5, 5.41) is -0.396. The predicted molar refractivity (Wildman–Crippen MR) is 55.2 cm³/mol. The van der Waals surface area contributed by atoms with Gasteiger partial charge in [0.25, 0.3) is 0 Å². The highest BCUT2D eigenvalue weighted by Crippen LogP contribution is 2.13. The van der Waals surface area contributed by atoms with E-state index in [-0.39, 0.29) is 0 Å². The maximum absolute atomic E-state index is 10.4. The molecule has 70 valence electrons. The van der Waals surface area contributed by atoms with E-state index in [4.69, 9.17) is 11.6 Å². The Labute approximate surface area is 83.7 Å². The molecule has 0 heterocycles. The van der Waals surface area contributed by atoms with E-state index in [1.54, 1.807) is 0 Å². The molecular formula is C11H13ClO. The lowest BCUT2D eigenvalue weighted by molar-refractivity contribution is -0.107. The summed E-state index contributed by atoms with van der Waals surface area (Å²) < 4.78 is 0. The van der Waals surface area contributed by atoms with E-state index in [2.05, 4.69) is 13.0 Å². The van der Waals surface area contributed by atoms with Crippen molar-refractivity contribution in [3.63, 3.8) is 0 Å². The van der Waals surface area contributed by atoms with Crippen molar-refractivity contribution in [1.29, 1.82) is 0 Å². The molecule has 0 saturated carbocycles. The summed E-state index contributed by atoms with van der Waals surface area (Å²) in [5.74, 6) is 0. The topological polar surface area (TPSA) is 17.1 Å². The second-order valence-corrected chi connectivity index (χ2v) is 3.54. The van der Waals surface area contributed by atoms with Crippen molar-refractivity contribution in [3.8, 4) is 0 Å². The number of rotatable bonds is 4. The normalized spacial score (nSPS) is 12.5. The third kappa shape index (κ3) is 2.85. The minimum atomic E-state index is -0.396. The first kappa shape index (κ1) is 10.3. The molecule has 0 aliphatic carbocycles. The van der Waals surface area contributed by atoms with Crippen LogP contribution in [0.5, 0.6) is 0 Å². The molecule has 13 heavy (non-hydrogen) atoms. The molecule has 0 spiro atoms. The van der Waals surface area contributed by atoms with Gasteiger partial charge in [-0.25, -0.2) is 0 Å². The lowest BCUT2D eigenvalue weighted by Crippen LogP contribution is -2.06. The fourth-order valence-electron chi connectivity index (χ4n) is 1.36. The standard InChI is InChI=1S/C11H13ClO/c1-2-9-5-3-4-6-10(9)7-11(12)8-13/h3-6,8,11H,2,7H2,1H3. The molecule has 0 saturated heterocycles. The number of hydrogen-bond donors (Lipinski definition) is 0. The zero-order valence-electron chi connectivity index (χ0n) is 7.66. The molecule has 1 atom stereocenters. The van der Waals surface area contributed by atoms with Gasteiger partial charge in [-0.2, -0.15) is 0 Å². The molecular weight excluding hydrogens is 184 g/mol. The fourth-order valence-corrected chi connectivity index (χ4v) is 1.53. The Morgan fingerprint density at radius 2 is 2.00 bits per heavy atom. The summed E-state index contributed by atoms with van der Waals surface area (Å²) >= 11 is 5.76. The molecule has 0 radical (unpaired) electrons. The minimum absolute atomic E-state index is 0.396. The van der Waals surface area contributed by atoms with Gasteiger partial charge in [-0.3, -0.25) is 0 Å². The van der Waals surface area contributed by atoms with E-state index in [0.29, 0.717) is 6.42 Å². The number of aldehydes is 1. The van der Waals surface area contributed by atoms with E-state index in [9.17, 15) is 4.79 Å². The van der Waals surface area contributed by atoms with Crippen LogP contribution in [0.15, 0.2) is 24.3 Å². The predicted octanol–water partition coefficient (Wildman–Crippen LogP) is 2.60. The molecule has 1 rings (SSSR count). The van der Waals surface area contributed by atoms with Gasteiger partial charge in [0.1, 0.15) is 6.29 Å². The molecule has 0 aromatic heterocycles. The first-order valence-corrected chi connectivity index (χ1v) is 4.87. The molecule has 1 nitrogen and oxygen atoms in total. The summed E-state index contributed by atoms with van der Waals surface area (Å²) in [7, 11) is 0. The summed E-state index contributed by atoms with van der Waals surface area (Å²) in [4.78, 5) is 10.4. The molecule has 2 heteroatoms. The van der Waals surface area contributed by atoms with Gasteiger partial charge in [-0.05, 0) is 24.0 Å². The highest BCUT2D eigenvalue weighted by Gasteiger charge is 2.06. The Bertz CT molecular complexity index is 283. The van der Waals surface area contributed by atoms with Crippen LogP contribution < -0.4 is 0 Å². The summed E-state index contributed by atoms with van der Waals surface area (Å²) in [6.07, 6.45) is 2.40. The van der Waals surface area contributed by atoms with E-state index >= 15 is 0 Å². The average molecular weight is 197 g/mol. The molecule has 0 N–H and O–H groups in total. The van der Waals surface area contributed by atoms with Gasteiger partial charge in [0.15, 0.2) is 0 Å². The second kappa shape index (κ2) is 5.03. The van der Waals surface area contributed by atoms with Gasteiger partial charge >= 0.3 is 0 Å². The van der Waals surface area contributed by atoms with Gasteiger partial charge in [-0.1, -0.05) is 31.2 Å². The van der Waals surface area contributed by atoms with Crippen LogP contribution in [0.25, 0.3) is 0 Å².